The van der Waals surface area contributed by atoms with Crippen LogP contribution in [0.25, 0.3) is 0 Å². The van der Waals surface area contributed by atoms with E-state index in [1.54, 1.807) is 43.5 Å². The molecule has 102 valence electrons. The predicted octanol–water partition coefficient (Wildman–Crippen LogP) is 2.45. The van der Waals surface area contributed by atoms with E-state index in [1.807, 2.05) is 0 Å². The highest BCUT2D eigenvalue weighted by molar-refractivity contribution is 6.09. The molecule has 0 unspecified atom stereocenters. The topological polar surface area (TPSA) is 70.5 Å². The minimum absolute atomic E-state index is 0.103. The van der Waals surface area contributed by atoms with Crippen LogP contribution < -0.4 is 4.90 Å². The second-order valence-electron chi connectivity index (χ2n) is 4.11. The Balaban J connectivity index is 2.43. The summed E-state index contributed by atoms with van der Waals surface area (Å²) in [7, 11) is 0. The monoisotopic (exact) mass is 270 g/mol. The smallest absolute Gasteiger partial charge is 0.337 e. The van der Waals surface area contributed by atoms with E-state index in [-0.39, 0.29) is 11.5 Å². The molecule has 1 aromatic carbocycles. The number of carboxylic acids is 1. The summed E-state index contributed by atoms with van der Waals surface area (Å²) in [6.07, 6.45) is 3.05. The number of hydrogen-bond donors (Lipinski definition) is 1. The standard InChI is InChI=1S/C15H14N2O3/c1-2-17(14(18)11-6-5-9-16-10-11)13-8-4-3-7-12(13)15(19)20/h3-10H,2H2,1H3,(H,19,20). The third-order valence-corrected chi connectivity index (χ3v) is 2.90. The summed E-state index contributed by atoms with van der Waals surface area (Å²) in [4.78, 5) is 29.0. The summed E-state index contributed by atoms with van der Waals surface area (Å²) < 4.78 is 0. The first-order valence-corrected chi connectivity index (χ1v) is 6.19. The number of benzene rings is 1. The van der Waals surface area contributed by atoms with Crippen molar-refractivity contribution in [3.8, 4) is 0 Å². The number of carbonyl (C=O) groups is 2. The van der Waals surface area contributed by atoms with Gasteiger partial charge in [-0.3, -0.25) is 9.78 Å². The molecule has 0 aliphatic carbocycles. The molecule has 20 heavy (non-hydrogen) atoms. The van der Waals surface area contributed by atoms with Crippen LogP contribution in [0.2, 0.25) is 0 Å². The lowest BCUT2D eigenvalue weighted by atomic mass is 10.1. The number of aromatic carboxylic acids is 1. The number of para-hydroxylation sites is 1. The summed E-state index contributed by atoms with van der Waals surface area (Å²) in [5.41, 5.74) is 0.914. The van der Waals surface area contributed by atoms with E-state index in [0.29, 0.717) is 17.8 Å². The van der Waals surface area contributed by atoms with Crippen LogP contribution in [0, 0.1) is 0 Å². The van der Waals surface area contributed by atoms with E-state index in [2.05, 4.69) is 4.98 Å². The van der Waals surface area contributed by atoms with E-state index in [1.165, 1.54) is 17.2 Å². The molecule has 1 heterocycles. The Morgan fingerprint density at radius 3 is 2.55 bits per heavy atom. The lowest BCUT2D eigenvalue weighted by Crippen LogP contribution is -2.32. The first-order valence-electron chi connectivity index (χ1n) is 6.19. The molecule has 5 nitrogen and oxygen atoms in total. The van der Waals surface area contributed by atoms with Crippen LogP contribution in [0.15, 0.2) is 48.8 Å². The lowest BCUT2D eigenvalue weighted by molar-refractivity contribution is 0.0697. The maximum atomic E-state index is 12.4. The first kappa shape index (κ1) is 13.7. The molecule has 2 aromatic rings. The molecule has 0 saturated heterocycles. The van der Waals surface area contributed by atoms with Gasteiger partial charge in [-0.15, -0.1) is 0 Å². The van der Waals surface area contributed by atoms with Crippen molar-refractivity contribution in [2.45, 2.75) is 6.92 Å². The van der Waals surface area contributed by atoms with Gasteiger partial charge in [0, 0.05) is 18.9 Å². The molecule has 0 spiro atoms. The highest BCUT2D eigenvalue weighted by Gasteiger charge is 2.21. The van der Waals surface area contributed by atoms with Crippen LogP contribution in [0.4, 0.5) is 5.69 Å². The summed E-state index contributed by atoms with van der Waals surface area (Å²) in [6, 6.07) is 9.78. The first-order chi connectivity index (χ1) is 9.65. The van der Waals surface area contributed by atoms with Gasteiger partial charge in [0.1, 0.15) is 0 Å². The third kappa shape index (κ3) is 2.66. The Labute approximate surface area is 116 Å². The largest absolute Gasteiger partial charge is 0.478 e. The predicted molar refractivity (Wildman–Crippen MR) is 75.0 cm³/mol. The zero-order chi connectivity index (χ0) is 14.5. The van der Waals surface area contributed by atoms with Gasteiger partial charge in [-0.05, 0) is 31.2 Å². The summed E-state index contributed by atoms with van der Waals surface area (Å²) in [5, 5.41) is 9.21. The van der Waals surface area contributed by atoms with Crippen LogP contribution >= 0.6 is 0 Å². The normalized spacial score (nSPS) is 10.1. The summed E-state index contributed by atoms with van der Waals surface area (Å²) in [5.74, 6) is -1.33. The van der Waals surface area contributed by atoms with E-state index in [0.717, 1.165) is 0 Å². The fourth-order valence-corrected chi connectivity index (χ4v) is 1.96. The Bertz CT molecular complexity index is 626. The highest BCUT2D eigenvalue weighted by Crippen LogP contribution is 2.22. The number of hydrogen-bond acceptors (Lipinski definition) is 3. The van der Waals surface area contributed by atoms with Crippen molar-refractivity contribution in [3.05, 3.63) is 59.9 Å². The van der Waals surface area contributed by atoms with Gasteiger partial charge in [-0.2, -0.15) is 0 Å². The number of rotatable bonds is 4. The van der Waals surface area contributed by atoms with E-state index in [9.17, 15) is 14.7 Å². The summed E-state index contributed by atoms with van der Waals surface area (Å²) in [6.45, 7) is 2.17. The number of pyridine rings is 1. The lowest BCUT2D eigenvalue weighted by Gasteiger charge is -2.22. The molecule has 2 rings (SSSR count). The van der Waals surface area contributed by atoms with Crippen LogP contribution in [0.3, 0.4) is 0 Å². The Kier molecular flexibility index (Phi) is 4.10. The molecule has 1 aromatic heterocycles. The van der Waals surface area contributed by atoms with Gasteiger partial charge in [-0.25, -0.2) is 4.79 Å². The molecule has 0 aliphatic rings. The van der Waals surface area contributed by atoms with Gasteiger partial charge in [-0.1, -0.05) is 12.1 Å². The van der Waals surface area contributed by atoms with Crippen LogP contribution in [-0.2, 0) is 0 Å². The number of carbonyl (C=O) groups excluding carboxylic acids is 1. The quantitative estimate of drug-likeness (QED) is 0.926. The molecular weight excluding hydrogens is 256 g/mol. The van der Waals surface area contributed by atoms with Crippen molar-refractivity contribution in [2.24, 2.45) is 0 Å². The fraction of sp³-hybridized carbons (Fsp3) is 0.133. The fourth-order valence-electron chi connectivity index (χ4n) is 1.96. The van der Waals surface area contributed by atoms with Gasteiger partial charge >= 0.3 is 5.97 Å². The third-order valence-electron chi connectivity index (χ3n) is 2.90. The molecule has 5 heteroatoms. The van der Waals surface area contributed by atoms with Crippen molar-refractivity contribution < 1.29 is 14.7 Å². The zero-order valence-corrected chi connectivity index (χ0v) is 11.0. The Morgan fingerprint density at radius 1 is 1.20 bits per heavy atom. The van der Waals surface area contributed by atoms with Crippen molar-refractivity contribution in [2.75, 3.05) is 11.4 Å². The number of amides is 1. The van der Waals surface area contributed by atoms with Crippen LogP contribution in [0.1, 0.15) is 27.6 Å². The van der Waals surface area contributed by atoms with Gasteiger partial charge in [0.25, 0.3) is 5.91 Å². The highest BCUT2D eigenvalue weighted by atomic mass is 16.4. The molecule has 0 atom stereocenters. The molecule has 0 saturated carbocycles. The number of carboxylic acid groups (broad SMARTS) is 1. The number of nitrogens with zero attached hydrogens (tertiary/aromatic N) is 2. The van der Waals surface area contributed by atoms with Crippen molar-refractivity contribution in [1.82, 2.24) is 4.98 Å². The van der Waals surface area contributed by atoms with Crippen molar-refractivity contribution in [1.29, 1.82) is 0 Å². The van der Waals surface area contributed by atoms with Gasteiger partial charge < -0.3 is 10.0 Å². The average Bonchev–Trinajstić information content (AvgIpc) is 2.49. The number of aromatic nitrogens is 1. The molecule has 1 N–H and O–H groups in total. The van der Waals surface area contributed by atoms with E-state index < -0.39 is 5.97 Å². The zero-order valence-electron chi connectivity index (χ0n) is 11.0. The van der Waals surface area contributed by atoms with Crippen molar-refractivity contribution >= 4 is 17.6 Å². The molecule has 0 bridgehead atoms. The van der Waals surface area contributed by atoms with Gasteiger partial charge in [0.05, 0.1) is 16.8 Å². The maximum absolute atomic E-state index is 12.4. The molecule has 0 aliphatic heterocycles. The molecular formula is C15H14N2O3. The van der Waals surface area contributed by atoms with Crippen LogP contribution in [0.5, 0.6) is 0 Å². The van der Waals surface area contributed by atoms with Gasteiger partial charge in [0.2, 0.25) is 0 Å². The number of anilines is 1. The van der Waals surface area contributed by atoms with Gasteiger partial charge in [0.15, 0.2) is 0 Å². The minimum atomic E-state index is -1.06. The maximum Gasteiger partial charge on any atom is 0.337 e. The second-order valence-corrected chi connectivity index (χ2v) is 4.11. The Hall–Kier alpha value is -2.69. The van der Waals surface area contributed by atoms with Crippen LogP contribution in [-0.4, -0.2) is 28.5 Å². The summed E-state index contributed by atoms with van der Waals surface area (Å²) >= 11 is 0. The van der Waals surface area contributed by atoms with Crippen molar-refractivity contribution in [3.63, 3.8) is 0 Å². The minimum Gasteiger partial charge on any atom is -0.478 e. The SMILES string of the molecule is CCN(C(=O)c1cccnc1)c1ccccc1C(=O)O. The second kappa shape index (κ2) is 5.97. The molecule has 0 radical (unpaired) electrons. The molecule has 1 amide bonds. The average molecular weight is 270 g/mol. The molecule has 0 fully saturated rings. The van der Waals surface area contributed by atoms with E-state index in [4.69, 9.17) is 0 Å². The van der Waals surface area contributed by atoms with E-state index >= 15 is 0 Å². The Morgan fingerprint density at radius 2 is 1.95 bits per heavy atom.